The van der Waals surface area contributed by atoms with Crippen molar-refractivity contribution >= 4 is 5.69 Å². The molecule has 0 amide bonds. The highest BCUT2D eigenvalue weighted by molar-refractivity contribution is 5.60. The Morgan fingerprint density at radius 2 is 1.76 bits per heavy atom. The predicted molar refractivity (Wildman–Crippen MR) is 152 cm³/mol. The minimum Gasteiger partial charge on any atom is -0.508 e. The van der Waals surface area contributed by atoms with Gasteiger partial charge in [0, 0.05) is 31.4 Å². The third kappa shape index (κ3) is 6.60. The third-order valence-corrected chi connectivity index (χ3v) is 7.75. The van der Waals surface area contributed by atoms with Crippen molar-refractivity contribution in [3.8, 4) is 17.2 Å². The maximum atomic E-state index is 15.0. The van der Waals surface area contributed by atoms with Crippen molar-refractivity contribution in [2.24, 2.45) is 0 Å². The molecule has 0 saturated heterocycles. The van der Waals surface area contributed by atoms with Gasteiger partial charge in [0.05, 0.1) is 7.11 Å². The van der Waals surface area contributed by atoms with Gasteiger partial charge in [-0.3, -0.25) is 0 Å². The van der Waals surface area contributed by atoms with Gasteiger partial charge in [0.15, 0.2) is 11.6 Å². The van der Waals surface area contributed by atoms with Gasteiger partial charge in [-0.15, -0.1) is 0 Å². The number of rotatable bonds is 12. The summed E-state index contributed by atoms with van der Waals surface area (Å²) in [6.45, 7) is 10.9. The zero-order valence-corrected chi connectivity index (χ0v) is 23.2. The number of likely N-dealkylation sites (N-methyl/N-ethyl adjacent to an activating group) is 1. The SMILES string of the molecule is CCN(CC)CCOc1ccc(CN(CC)c2cc(OC)ccc2[C@H]2CCc3cc(O)ccc3C2)cc1F. The molecule has 5 nitrogen and oxygen atoms in total. The highest BCUT2D eigenvalue weighted by atomic mass is 19.1. The van der Waals surface area contributed by atoms with Crippen molar-refractivity contribution < 1.29 is 19.0 Å². The molecule has 38 heavy (non-hydrogen) atoms. The van der Waals surface area contributed by atoms with Crippen LogP contribution in [-0.2, 0) is 19.4 Å². The molecular formula is C32H41FN2O3. The van der Waals surface area contributed by atoms with Gasteiger partial charge in [0.2, 0.25) is 0 Å². The monoisotopic (exact) mass is 520 g/mol. The van der Waals surface area contributed by atoms with Gasteiger partial charge < -0.3 is 24.4 Å². The number of anilines is 1. The molecule has 0 fully saturated rings. The molecular weight excluding hydrogens is 479 g/mol. The average molecular weight is 521 g/mol. The van der Waals surface area contributed by atoms with Crippen LogP contribution in [0.25, 0.3) is 0 Å². The number of aromatic hydroxyl groups is 1. The van der Waals surface area contributed by atoms with Crippen molar-refractivity contribution in [1.29, 1.82) is 0 Å². The van der Waals surface area contributed by atoms with Gasteiger partial charge in [0.25, 0.3) is 0 Å². The van der Waals surface area contributed by atoms with E-state index in [1.807, 2.05) is 24.3 Å². The first-order chi connectivity index (χ1) is 18.4. The first-order valence-corrected chi connectivity index (χ1v) is 13.8. The van der Waals surface area contributed by atoms with E-state index in [1.165, 1.54) is 16.7 Å². The summed E-state index contributed by atoms with van der Waals surface area (Å²) in [5.41, 5.74) is 5.84. The summed E-state index contributed by atoms with van der Waals surface area (Å²) in [5, 5.41) is 9.88. The first kappa shape index (κ1) is 27.8. The number of aryl methyl sites for hydroxylation is 1. The van der Waals surface area contributed by atoms with Crippen LogP contribution in [0.4, 0.5) is 10.1 Å². The summed E-state index contributed by atoms with van der Waals surface area (Å²) in [6, 6.07) is 17.3. The Labute approximate surface area is 226 Å². The molecule has 1 N–H and O–H groups in total. The van der Waals surface area contributed by atoms with Crippen LogP contribution in [0.3, 0.4) is 0 Å². The number of methoxy groups -OCH3 is 1. The van der Waals surface area contributed by atoms with Crippen molar-refractivity contribution in [2.45, 2.75) is 52.5 Å². The van der Waals surface area contributed by atoms with Crippen LogP contribution >= 0.6 is 0 Å². The van der Waals surface area contributed by atoms with Gasteiger partial charge in [0.1, 0.15) is 18.1 Å². The Morgan fingerprint density at radius 3 is 2.47 bits per heavy atom. The maximum absolute atomic E-state index is 15.0. The molecule has 0 heterocycles. The van der Waals surface area contributed by atoms with Crippen LogP contribution in [0, 0.1) is 5.82 Å². The second-order valence-electron chi connectivity index (χ2n) is 9.97. The highest BCUT2D eigenvalue weighted by Gasteiger charge is 2.25. The summed E-state index contributed by atoms with van der Waals surface area (Å²) in [4.78, 5) is 4.55. The van der Waals surface area contributed by atoms with Crippen LogP contribution in [0.1, 0.15) is 55.4 Å². The van der Waals surface area contributed by atoms with E-state index < -0.39 is 0 Å². The van der Waals surface area contributed by atoms with E-state index in [0.29, 0.717) is 30.6 Å². The topological polar surface area (TPSA) is 45.2 Å². The van der Waals surface area contributed by atoms with Gasteiger partial charge in [-0.25, -0.2) is 4.39 Å². The van der Waals surface area contributed by atoms with Crippen LogP contribution in [0.5, 0.6) is 17.2 Å². The smallest absolute Gasteiger partial charge is 0.165 e. The Hall–Kier alpha value is -3.25. The fourth-order valence-electron chi connectivity index (χ4n) is 5.45. The molecule has 0 spiro atoms. The Kier molecular flexibility index (Phi) is 9.51. The van der Waals surface area contributed by atoms with Gasteiger partial charge >= 0.3 is 0 Å². The van der Waals surface area contributed by atoms with E-state index in [0.717, 1.165) is 62.4 Å². The molecule has 0 aliphatic heterocycles. The number of hydrogen-bond acceptors (Lipinski definition) is 5. The second-order valence-corrected chi connectivity index (χ2v) is 9.97. The van der Waals surface area contributed by atoms with Crippen LogP contribution in [0.15, 0.2) is 54.6 Å². The highest BCUT2D eigenvalue weighted by Crippen LogP contribution is 2.40. The number of nitrogens with zero attached hydrogens (tertiary/aromatic N) is 2. The molecule has 204 valence electrons. The molecule has 0 radical (unpaired) electrons. The normalized spacial score (nSPS) is 14.8. The number of phenolic OH excluding ortho intramolecular Hbond substituents is 1. The second kappa shape index (κ2) is 13.0. The quantitative estimate of drug-likeness (QED) is 0.293. The van der Waals surface area contributed by atoms with Crippen LogP contribution in [-0.4, -0.2) is 49.9 Å². The van der Waals surface area contributed by atoms with Crippen molar-refractivity contribution in [2.75, 3.05) is 44.8 Å². The number of ether oxygens (including phenoxy) is 2. The lowest BCUT2D eigenvalue weighted by atomic mass is 9.79. The summed E-state index contributed by atoms with van der Waals surface area (Å²) >= 11 is 0. The van der Waals surface area contributed by atoms with E-state index >= 15 is 0 Å². The van der Waals surface area contributed by atoms with E-state index in [1.54, 1.807) is 25.3 Å². The zero-order valence-electron chi connectivity index (χ0n) is 23.2. The van der Waals surface area contributed by atoms with Crippen LogP contribution in [0.2, 0.25) is 0 Å². The molecule has 3 aromatic rings. The minimum absolute atomic E-state index is 0.304. The zero-order chi connectivity index (χ0) is 27.1. The lowest BCUT2D eigenvalue weighted by Crippen LogP contribution is -2.28. The largest absolute Gasteiger partial charge is 0.508 e. The molecule has 0 saturated carbocycles. The minimum atomic E-state index is -0.323. The molecule has 0 bridgehead atoms. The maximum Gasteiger partial charge on any atom is 0.165 e. The third-order valence-electron chi connectivity index (χ3n) is 7.75. The lowest BCUT2D eigenvalue weighted by Gasteiger charge is -2.32. The number of halogens is 1. The first-order valence-electron chi connectivity index (χ1n) is 13.8. The van der Waals surface area contributed by atoms with E-state index in [9.17, 15) is 9.50 Å². The molecule has 4 rings (SSSR count). The van der Waals surface area contributed by atoms with Crippen molar-refractivity contribution in [3.05, 3.63) is 82.7 Å². The van der Waals surface area contributed by atoms with E-state index in [2.05, 4.69) is 42.7 Å². The molecule has 0 unspecified atom stereocenters. The molecule has 1 aliphatic carbocycles. The number of fused-ring (bicyclic) bond motifs is 1. The molecule has 0 aromatic heterocycles. The average Bonchev–Trinajstić information content (AvgIpc) is 2.94. The summed E-state index contributed by atoms with van der Waals surface area (Å²) in [7, 11) is 1.69. The molecule has 3 aromatic carbocycles. The number of hydrogen-bond donors (Lipinski definition) is 1. The Balaban J connectivity index is 1.52. The summed E-state index contributed by atoms with van der Waals surface area (Å²) in [5.74, 6) is 1.48. The fourth-order valence-corrected chi connectivity index (χ4v) is 5.45. The Bertz CT molecular complexity index is 1210. The standard InChI is InChI=1S/C32H41FN2O3/c1-5-34(6-2)16-17-38-32-15-8-23(18-30(32)33)22-35(7-3)31-21-28(37-4)13-14-29(31)26-10-9-25-20-27(36)12-11-24(25)19-26/h8,11-15,18,20-21,26,36H,5-7,9-10,16-17,19,22H2,1-4H3/t26-/m0/s1. The fraction of sp³-hybridized carbons (Fsp3) is 0.438. The lowest BCUT2D eigenvalue weighted by molar-refractivity contribution is 0.217. The molecule has 6 heteroatoms. The number of benzene rings is 3. The van der Waals surface area contributed by atoms with E-state index in [4.69, 9.17) is 9.47 Å². The summed E-state index contributed by atoms with van der Waals surface area (Å²) < 4.78 is 26.3. The van der Waals surface area contributed by atoms with E-state index in [-0.39, 0.29) is 5.82 Å². The summed E-state index contributed by atoms with van der Waals surface area (Å²) in [6.07, 6.45) is 2.88. The molecule has 1 aliphatic rings. The van der Waals surface area contributed by atoms with Crippen molar-refractivity contribution in [1.82, 2.24) is 4.90 Å². The molecule has 1 atom stereocenters. The van der Waals surface area contributed by atoms with Gasteiger partial charge in [-0.2, -0.15) is 0 Å². The van der Waals surface area contributed by atoms with Gasteiger partial charge in [-0.05, 0) is 97.8 Å². The Morgan fingerprint density at radius 1 is 0.947 bits per heavy atom. The number of phenols is 1. The predicted octanol–water partition coefficient (Wildman–Crippen LogP) is 6.56. The van der Waals surface area contributed by atoms with Crippen LogP contribution < -0.4 is 14.4 Å². The van der Waals surface area contributed by atoms with Crippen molar-refractivity contribution in [3.63, 3.8) is 0 Å². The van der Waals surface area contributed by atoms with Gasteiger partial charge in [-0.1, -0.05) is 32.0 Å².